The lowest BCUT2D eigenvalue weighted by Gasteiger charge is -2.38. The molecule has 3 unspecified atom stereocenters. The van der Waals surface area contributed by atoms with Gasteiger partial charge >= 0.3 is 6.09 Å². The summed E-state index contributed by atoms with van der Waals surface area (Å²) in [5.41, 5.74) is -0.479. The molecule has 2 rings (SSSR count). The molecule has 2 saturated heterocycles. The molecule has 0 aliphatic carbocycles. The summed E-state index contributed by atoms with van der Waals surface area (Å²) >= 11 is 0. The number of hydrogen-bond donors (Lipinski definition) is 2. The summed E-state index contributed by atoms with van der Waals surface area (Å²) in [6.45, 7) is 15.0. The Kier molecular flexibility index (Phi) is 10.3. The minimum absolute atomic E-state index is 0. The van der Waals surface area contributed by atoms with Crippen molar-refractivity contribution in [3.63, 3.8) is 0 Å². The molecule has 2 heterocycles. The number of ether oxygens (including phenoxy) is 2. The van der Waals surface area contributed by atoms with Crippen LogP contribution in [-0.4, -0.2) is 92.0 Å². The number of likely N-dealkylation sites (tertiary alicyclic amines) is 1. The molecule has 0 saturated carbocycles. The van der Waals surface area contributed by atoms with Crippen molar-refractivity contribution in [3.05, 3.63) is 0 Å². The molecule has 8 nitrogen and oxygen atoms in total. The van der Waals surface area contributed by atoms with E-state index in [0.29, 0.717) is 12.1 Å². The molecule has 164 valence electrons. The van der Waals surface area contributed by atoms with E-state index in [1.165, 1.54) is 0 Å². The fourth-order valence-corrected chi connectivity index (χ4v) is 3.63. The molecule has 2 N–H and O–H groups in total. The number of carbonyl (C=O) groups is 1. The van der Waals surface area contributed by atoms with E-state index in [4.69, 9.17) is 9.47 Å². The average Bonchev–Trinajstić information content (AvgIpc) is 3.02. The Balaban J connectivity index is 0.00000392. The monoisotopic (exact) mass is 511 g/mol. The van der Waals surface area contributed by atoms with E-state index < -0.39 is 5.60 Å². The van der Waals surface area contributed by atoms with Crippen molar-refractivity contribution in [3.8, 4) is 0 Å². The number of nitrogens with one attached hydrogen (secondary N) is 2. The van der Waals surface area contributed by atoms with Gasteiger partial charge in [-0.15, -0.1) is 24.0 Å². The highest BCUT2D eigenvalue weighted by Gasteiger charge is 2.29. The van der Waals surface area contributed by atoms with Gasteiger partial charge in [0.2, 0.25) is 0 Å². The first kappa shape index (κ1) is 25.2. The van der Waals surface area contributed by atoms with Gasteiger partial charge < -0.3 is 25.0 Å². The third-order valence-corrected chi connectivity index (χ3v) is 4.96. The van der Waals surface area contributed by atoms with Crippen LogP contribution in [0, 0.1) is 0 Å². The Labute approximate surface area is 186 Å². The summed E-state index contributed by atoms with van der Waals surface area (Å²) in [4.78, 5) is 21.1. The lowest BCUT2D eigenvalue weighted by molar-refractivity contribution is -0.0174. The lowest BCUT2D eigenvalue weighted by Crippen LogP contribution is -2.53. The van der Waals surface area contributed by atoms with Crippen LogP contribution in [0.1, 0.15) is 41.0 Å². The number of aliphatic imine (C=N–C) groups is 1. The number of carbonyl (C=O) groups excluding carboxylic acids is 1. The van der Waals surface area contributed by atoms with Crippen LogP contribution >= 0.6 is 24.0 Å². The Morgan fingerprint density at radius 3 is 2.68 bits per heavy atom. The molecular formula is C19H38IN5O3. The predicted molar refractivity (Wildman–Crippen MR) is 123 cm³/mol. The van der Waals surface area contributed by atoms with Gasteiger partial charge in [0.25, 0.3) is 0 Å². The maximum atomic E-state index is 12.0. The van der Waals surface area contributed by atoms with Gasteiger partial charge in [0, 0.05) is 45.3 Å². The van der Waals surface area contributed by atoms with Gasteiger partial charge in [-0.1, -0.05) is 0 Å². The van der Waals surface area contributed by atoms with Crippen LogP contribution < -0.4 is 10.6 Å². The molecule has 0 aromatic carbocycles. The van der Waals surface area contributed by atoms with Crippen LogP contribution in [-0.2, 0) is 9.47 Å². The van der Waals surface area contributed by atoms with Crippen molar-refractivity contribution < 1.29 is 14.3 Å². The maximum Gasteiger partial charge on any atom is 0.407 e. The fourth-order valence-electron chi connectivity index (χ4n) is 3.63. The van der Waals surface area contributed by atoms with Gasteiger partial charge in [0.15, 0.2) is 5.96 Å². The summed E-state index contributed by atoms with van der Waals surface area (Å²) in [6.07, 6.45) is 0.530. The van der Waals surface area contributed by atoms with Crippen molar-refractivity contribution in [2.75, 3.05) is 46.4 Å². The van der Waals surface area contributed by atoms with Gasteiger partial charge in [-0.3, -0.25) is 9.89 Å². The third kappa shape index (κ3) is 7.90. The van der Waals surface area contributed by atoms with Crippen LogP contribution in [0.4, 0.5) is 4.79 Å². The highest BCUT2D eigenvalue weighted by Crippen LogP contribution is 2.13. The summed E-state index contributed by atoms with van der Waals surface area (Å²) in [5, 5.41) is 6.45. The van der Waals surface area contributed by atoms with Crippen molar-refractivity contribution in [1.82, 2.24) is 20.4 Å². The molecule has 0 bridgehead atoms. The molecule has 2 aliphatic rings. The topological polar surface area (TPSA) is 78.4 Å². The van der Waals surface area contributed by atoms with Crippen LogP contribution in [0.2, 0.25) is 0 Å². The second-order valence-corrected chi connectivity index (χ2v) is 8.52. The number of guanidine groups is 1. The van der Waals surface area contributed by atoms with Gasteiger partial charge in [-0.2, -0.15) is 0 Å². The van der Waals surface area contributed by atoms with Crippen molar-refractivity contribution in [1.29, 1.82) is 0 Å². The molecular weight excluding hydrogens is 473 g/mol. The van der Waals surface area contributed by atoms with E-state index in [1.54, 1.807) is 7.05 Å². The van der Waals surface area contributed by atoms with Crippen molar-refractivity contribution in [2.24, 2.45) is 4.99 Å². The standard InChI is InChI=1S/C19H37N5O3.HI/c1-14(24-9-10-26-13-15(24)2)11-21-17(20-6)23-8-7-16(12-23)22-18(25)27-19(3,4)5;/h14-16H,7-13H2,1-6H3,(H,20,21)(H,22,25);1H. The largest absolute Gasteiger partial charge is 0.444 e. The second kappa shape index (κ2) is 11.4. The number of amides is 1. The Bertz CT molecular complexity index is 526. The summed E-state index contributed by atoms with van der Waals surface area (Å²) in [7, 11) is 1.80. The number of nitrogens with zero attached hydrogens (tertiary/aromatic N) is 3. The Morgan fingerprint density at radius 1 is 1.36 bits per heavy atom. The molecule has 2 fully saturated rings. The Morgan fingerprint density at radius 2 is 2.07 bits per heavy atom. The first-order valence-electron chi connectivity index (χ1n) is 9.98. The van der Waals surface area contributed by atoms with Crippen LogP contribution in [0.25, 0.3) is 0 Å². The van der Waals surface area contributed by atoms with E-state index >= 15 is 0 Å². The summed E-state index contributed by atoms with van der Waals surface area (Å²) in [5.74, 6) is 0.885. The highest BCUT2D eigenvalue weighted by molar-refractivity contribution is 14.0. The summed E-state index contributed by atoms with van der Waals surface area (Å²) < 4.78 is 10.9. The number of morpholine rings is 1. The number of hydrogen-bond acceptors (Lipinski definition) is 5. The minimum atomic E-state index is -0.479. The van der Waals surface area contributed by atoms with Crippen LogP contribution in [0.15, 0.2) is 4.99 Å². The highest BCUT2D eigenvalue weighted by atomic mass is 127. The molecule has 3 atom stereocenters. The Hall–Kier alpha value is -0.810. The smallest absolute Gasteiger partial charge is 0.407 e. The lowest BCUT2D eigenvalue weighted by atomic mass is 10.2. The molecule has 0 aromatic rings. The molecule has 2 aliphatic heterocycles. The zero-order valence-corrected chi connectivity index (χ0v) is 20.5. The van der Waals surface area contributed by atoms with Crippen LogP contribution in [0.5, 0.6) is 0 Å². The zero-order chi connectivity index (χ0) is 20.0. The van der Waals surface area contributed by atoms with Gasteiger partial charge in [0.05, 0.1) is 19.3 Å². The number of alkyl carbamates (subject to hydrolysis) is 1. The SMILES string of the molecule is CN=C(NCC(C)N1CCOCC1C)N1CCC(NC(=O)OC(C)(C)C)C1.I. The van der Waals surface area contributed by atoms with E-state index in [-0.39, 0.29) is 36.1 Å². The van der Waals surface area contributed by atoms with Crippen LogP contribution in [0.3, 0.4) is 0 Å². The number of rotatable bonds is 4. The summed E-state index contributed by atoms with van der Waals surface area (Å²) in [6, 6.07) is 0.917. The molecule has 0 aromatic heterocycles. The van der Waals surface area contributed by atoms with E-state index in [1.807, 2.05) is 20.8 Å². The van der Waals surface area contributed by atoms with Gasteiger partial charge in [-0.25, -0.2) is 4.79 Å². The maximum absolute atomic E-state index is 12.0. The average molecular weight is 511 g/mol. The molecule has 1 amide bonds. The van der Waals surface area contributed by atoms with Crippen molar-refractivity contribution >= 4 is 36.0 Å². The molecule has 9 heteroatoms. The zero-order valence-electron chi connectivity index (χ0n) is 18.2. The number of halogens is 1. The first-order chi connectivity index (χ1) is 12.7. The minimum Gasteiger partial charge on any atom is -0.444 e. The van der Waals surface area contributed by atoms with Gasteiger partial charge in [0.1, 0.15) is 5.60 Å². The van der Waals surface area contributed by atoms with E-state index in [2.05, 4.69) is 39.3 Å². The van der Waals surface area contributed by atoms with Crippen molar-refractivity contribution in [2.45, 2.75) is 64.8 Å². The van der Waals surface area contributed by atoms with E-state index in [9.17, 15) is 4.79 Å². The quantitative estimate of drug-likeness (QED) is 0.341. The molecule has 28 heavy (non-hydrogen) atoms. The molecule has 0 radical (unpaired) electrons. The normalized spacial score (nSPS) is 25.1. The fraction of sp³-hybridized carbons (Fsp3) is 0.895. The first-order valence-corrected chi connectivity index (χ1v) is 9.98. The molecule has 0 spiro atoms. The van der Waals surface area contributed by atoms with E-state index in [0.717, 1.165) is 51.8 Å². The second-order valence-electron chi connectivity index (χ2n) is 8.52. The van der Waals surface area contributed by atoms with Gasteiger partial charge in [-0.05, 0) is 41.0 Å². The predicted octanol–water partition coefficient (Wildman–Crippen LogP) is 1.89. The third-order valence-electron chi connectivity index (χ3n) is 4.96.